The molecule has 2 rings (SSSR count). The van der Waals surface area contributed by atoms with Crippen LogP contribution < -0.4 is 0 Å². The molecule has 0 bridgehead atoms. The predicted molar refractivity (Wildman–Crippen MR) is 59.1 cm³/mol. The maximum atomic E-state index is 11.3. The van der Waals surface area contributed by atoms with Crippen molar-refractivity contribution in [1.82, 2.24) is 14.8 Å². The lowest BCUT2D eigenvalue weighted by Gasteiger charge is -2.07. The standard InChI is InChI=1S/C8H13N3O2S2/c1-2-11-7(9-10-8(11)14)6-3-4-15(12,13)5-6/h6H,2-5H2,1H3,(H,10,14). The first kappa shape index (κ1) is 10.8. The minimum atomic E-state index is -2.86. The van der Waals surface area contributed by atoms with Crippen molar-refractivity contribution in [3.63, 3.8) is 0 Å². The third kappa shape index (κ3) is 1.98. The average molecular weight is 247 g/mol. The lowest BCUT2D eigenvalue weighted by Crippen LogP contribution is -2.10. The number of nitrogens with zero attached hydrogens (tertiary/aromatic N) is 2. The van der Waals surface area contributed by atoms with Crippen LogP contribution in [0.25, 0.3) is 0 Å². The van der Waals surface area contributed by atoms with Gasteiger partial charge >= 0.3 is 0 Å². The SMILES string of the molecule is CCn1c(C2CCS(=O)(=O)C2)n[nH]c1=S. The van der Waals surface area contributed by atoms with Gasteiger partial charge in [0.25, 0.3) is 0 Å². The molecular formula is C8H13N3O2S2. The molecule has 0 aromatic carbocycles. The van der Waals surface area contributed by atoms with Crippen LogP contribution in [0.15, 0.2) is 0 Å². The molecule has 7 heteroatoms. The fraction of sp³-hybridized carbons (Fsp3) is 0.750. The molecule has 1 fully saturated rings. The number of aromatic nitrogens is 3. The molecule has 1 N–H and O–H groups in total. The van der Waals surface area contributed by atoms with Gasteiger partial charge in [0, 0.05) is 12.5 Å². The zero-order valence-corrected chi connectivity index (χ0v) is 10.1. The summed E-state index contributed by atoms with van der Waals surface area (Å²) in [5, 5.41) is 6.83. The zero-order chi connectivity index (χ0) is 11.1. The molecule has 0 amide bonds. The topological polar surface area (TPSA) is 67.8 Å². The molecular weight excluding hydrogens is 234 g/mol. The van der Waals surface area contributed by atoms with Gasteiger partial charge in [-0.25, -0.2) is 8.42 Å². The summed E-state index contributed by atoms with van der Waals surface area (Å²) in [7, 11) is -2.86. The van der Waals surface area contributed by atoms with Crippen molar-refractivity contribution >= 4 is 22.1 Å². The summed E-state index contributed by atoms with van der Waals surface area (Å²) < 4.78 is 25.1. The second-order valence-corrected chi connectivity index (χ2v) is 6.35. The third-order valence-electron chi connectivity index (χ3n) is 2.70. The van der Waals surface area contributed by atoms with Crippen LogP contribution in [-0.4, -0.2) is 34.7 Å². The van der Waals surface area contributed by atoms with Crippen molar-refractivity contribution in [3.05, 3.63) is 10.6 Å². The van der Waals surface area contributed by atoms with Crippen molar-refractivity contribution in [3.8, 4) is 0 Å². The van der Waals surface area contributed by atoms with Crippen molar-refractivity contribution in [2.24, 2.45) is 0 Å². The number of H-pyrrole nitrogens is 1. The van der Waals surface area contributed by atoms with Crippen LogP contribution in [0.1, 0.15) is 25.1 Å². The first-order valence-corrected chi connectivity index (χ1v) is 7.12. The first-order chi connectivity index (χ1) is 7.03. The largest absolute Gasteiger partial charge is 0.304 e. The van der Waals surface area contributed by atoms with E-state index in [0.717, 1.165) is 12.4 Å². The van der Waals surface area contributed by atoms with Gasteiger partial charge in [0.2, 0.25) is 0 Å². The van der Waals surface area contributed by atoms with E-state index in [0.29, 0.717) is 11.2 Å². The predicted octanol–water partition coefficient (Wildman–Crippen LogP) is 0.863. The van der Waals surface area contributed by atoms with E-state index < -0.39 is 9.84 Å². The van der Waals surface area contributed by atoms with E-state index in [1.165, 1.54) is 0 Å². The summed E-state index contributed by atoms with van der Waals surface area (Å²) >= 11 is 5.06. The van der Waals surface area contributed by atoms with E-state index in [1.54, 1.807) is 0 Å². The minimum Gasteiger partial charge on any atom is -0.304 e. The van der Waals surface area contributed by atoms with Crippen molar-refractivity contribution in [2.75, 3.05) is 11.5 Å². The Morgan fingerprint density at radius 3 is 2.93 bits per heavy atom. The Kier molecular flexibility index (Phi) is 2.68. The van der Waals surface area contributed by atoms with Gasteiger partial charge in [-0.3, -0.25) is 5.10 Å². The van der Waals surface area contributed by atoms with E-state index >= 15 is 0 Å². The normalized spacial score (nSPS) is 24.5. The van der Waals surface area contributed by atoms with Gasteiger partial charge in [0.1, 0.15) is 5.82 Å². The molecule has 0 aliphatic carbocycles. The van der Waals surface area contributed by atoms with Gasteiger partial charge in [-0.15, -0.1) is 0 Å². The van der Waals surface area contributed by atoms with E-state index in [-0.39, 0.29) is 17.4 Å². The van der Waals surface area contributed by atoms with E-state index in [4.69, 9.17) is 12.2 Å². The van der Waals surface area contributed by atoms with Crippen molar-refractivity contribution in [1.29, 1.82) is 0 Å². The van der Waals surface area contributed by atoms with Crippen LogP contribution in [0.2, 0.25) is 0 Å². The summed E-state index contributed by atoms with van der Waals surface area (Å²) in [6.07, 6.45) is 0.655. The molecule has 1 unspecified atom stereocenters. The Labute approximate surface area is 93.4 Å². The number of rotatable bonds is 2. The summed E-state index contributed by atoms with van der Waals surface area (Å²) in [6, 6.07) is 0. The Bertz CT molecular complexity index is 514. The van der Waals surface area contributed by atoms with Gasteiger partial charge in [0.05, 0.1) is 11.5 Å². The van der Waals surface area contributed by atoms with Gasteiger partial charge in [-0.1, -0.05) is 0 Å². The molecule has 1 atom stereocenters. The molecule has 0 spiro atoms. The molecule has 1 aliphatic heterocycles. The Morgan fingerprint density at radius 1 is 1.67 bits per heavy atom. The highest BCUT2D eigenvalue weighted by molar-refractivity contribution is 7.91. The minimum absolute atomic E-state index is 0.00269. The number of hydrogen-bond acceptors (Lipinski definition) is 4. The maximum absolute atomic E-state index is 11.3. The monoisotopic (exact) mass is 247 g/mol. The first-order valence-electron chi connectivity index (χ1n) is 4.89. The molecule has 1 aromatic rings. The summed E-state index contributed by atoms with van der Waals surface area (Å²) in [5.74, 6) is 1.25. The van der Waals surface area contributed by atoms with Gasteiger partial charge in [-0.2, -0.15) is 5.10 Å². The lowest BCUT2D eigenvalue weighted by atomic mass is 10.1. The fourth-order valence-electron chi connectivity index (χ4n) is 1.95. The average Bonchev–Trinajstić information content (AvgIpc) is 2.69. The Hall–Kier alpha value is -0.690. The molecule has 1 saturated heterocycles. The quantitative estimate of drug-likeness (QED) is 0.787. The van der Waals surface area contributed by atoms with Crippen molar-refractivity contribution in [2.45, 2.75) is 25.8 Å². The Balaban J connectivity index is 2.35. The van der Waals surface area contributed by atoms with E-state index in [2.05, 4.69) is 10.2 Å². The molecule has 5 nitrogen and oxygen atoms in total. The fourth-order valence-corrected chi connectivity index (χ4v) is 3.95. The highest BCUT2D eigenvalue weighted by Gasteiger charge is 2.32. The summed E-state index contributed by atoms with van der Waals surface area (Å²) in [5.41, 5.74) is 0. The number of hydrogen-bond donors (Lipinski definition) is 1. The maximum Gasteiger partial charge on any atom is 0.195 e. The molecule has 2 heterocycles. The van der Waals surface area contributed by atoms with Gasteiger partial charge in [0.15, 0.2) is 14.6 Å². The van der Waals surface area contributed by atoms with Crippen LogP contribution in [0.3, 0.4) is 0 Å². The number of nitrogens with one attached hydrogen (secondary N) is 1. The summed E-state index contributed by atoms with van der Waals surface area (Å²) in [4.78, 5) is 0. The molecule has 1 aliphatic rings. The second kappa shape index (κ2) is 3.71. The smallest absolute Gasteiger partial charge is 0.195 e. The van der Waals surface area contributed by atoms with Gasteiger partial charge < -0.3 is 4.57 Å². The molecule has 1 aromatic heterocycles. The molecule has 15 heavy (non-hydrogen) atoms. The summed E-state index contributed by atoms with van der Waals surface area (Å²) in [6.45, 7) is 2.69. The lowest BCUT2D eigenvalue weighted by molar-refractivity contribution is 0.598. The van der Waals surface area contributed by atoms with E-state index in [9.17, 15) is 8.42 Å². The van der Waals surface area contributed by atoms with Crippen LogP contribution >= 0.6 is 12.2 Å². The number of sulfone groups is 1. The third-order valence-corrected chi connectivity index (χ3v) is 4.78. The molecule has 0 saturated carbocycles. The number of aromatic amines is 1. The second-order valence-electron chi connectivity index (χ2n) is 3.73. The van der Waals surface area contributed by atoms with E-state index in [1.807, 2.05) is 11.5 Å². The molecule has 0 radical (unpaired) electrons. The Morgan fingerprint density at radius 2 is 2.40 bits per heavy atom. The van der Waals surface area contributed by atoms with Gasteiger partial charge in [-0.05, 0) is 25.6 Å². The van der Waals surface area contributed by atoms with Crippen LogP contribution in [0, 0.1) is 4.77 Å². The highest BCUT2D eigenvalue weighted by Crippen LogP contribution is 2.27. The zero-order valence-electron chi connectivity index (χ0n) is 8.43. The van der Waals surface area contributed by atoms with Crippen molar-refractivity contribution < 1.29 is 8.42 Å². The van der Waals surface area contributed by atoms with Crippen LogP contribution in [0.4, 0.5) is 0 Å². The van der Waals surface area contributed by atoms with Crippen LogP contribution in [0.5, 0.6) is 0 Å². The highest BCUT2D eigenvalue weighted by atomic mass is 32.2. The van der Waals surface area contributed by atoms with Crippen LogP contribution in [-0.2, 0) is 16.4 Å². The molecule has 84 valence electrons.